The number of aliphatic hydroxyl groups excluding tert-OH is 1. The quantitative estimate of drug-likeness (QED) is 0.864. The van der Waals surface area contributed by atoms with E-state index in [0.717, 1.165) is 23.4 Å². The molecule has 1 aromatic carbocycles. The van der Waals surface area contributed by atoms with Gasteiger partial charge < -0.3 is 9.84 Å². The molecule has 0 aliphatic rings. The fourth-order valence-corrected chi connectivity index (χ4v) is 1.95. The van der Waals surface area contributed by atoms with Crippen molar-refractivity contribution in [1.82, 2.24) is 4.98 Å². The van der Waals surface area contributed by atoms with Gasteiger partial charge in [0.05, 0.1) is 12.7 Å². The molecule has 100 valence electrons. The highest BCUT2D eigenvalue weighted by Crippen LogP contribution is 2.21. The van der Waals surface area contributed by atoms with Gasteiger partial charge in [-0.2, -0.15) is 0 Å². The molecular weight excluding hydrogens is 238 g/mol. The zero-order valence-electron chi connectivity index (χ0n) is 11.1. The van der Waals surface area contributed by atoms with Crippen LogP contribution in [0.3, 0.4) is 0 Å². The molecule has 1 unspecified atom stereocenters. The van der Waals surface area contributed by atoms with Crippen molar-refractivity contribution in [2.45, 2.75) is 25.9 Å². The van der Waals surface area contributed by atoms with E-state index in [4.69, 9.17) is 4.74 Å². The monoisotopic (exact) mass is 257 g/mol. The number of hydrogen-bond acceptors (Lipinski definition) is 3. The van der Waals surface area contributed by atoms with Crippen LogP contribution in [0, 0.1) is 0 Å². The first-order valence-corrected chi connectivity index (χ1v) is 6.60. The van der Waals surface area contributed by atoms with Crippen LogP contribution in [0.2, 0.25) is 0 Å². The summed E-state index contributed by atoms with van der Waals surface area (Å²) in [5.41, 5.74) is 1.92. The molecule has 0 saturated carbocycles. The number of pyridine rings is 1. The van der Waals surface area contributed by atoms with Crippen LogP contribution >= 0.6 is 0 Å². The summed E-state index contributed by atoms with van der Waals surface area (Å²) in [5, 5.41) is 10.1. The van der Waals surface area contributed by atoms with Gasteiger partial charge in [-0.25, -0.2) is 0 Å². The summed E-state index contributed by atoms with van der Waals surface area (Å²) in [7, 11) is 0. The van der Waals surface area contributed by atoms with Crippen LogP contribution in [-0.2, 0) is 6.42 Å². The molecule has 0 aliphatic heterocycles. The molecule has 0 aliphatic carbocycles. The van der Waals surface area contributed by atoms with Gasteiger partial charge in [-0.05, 0) is 49.6 Å². The lowest BCUT2D eigenvalue weighted by atomic mass is 10.0. The Morgan fingerprint density at radius 2 is 1.95 bits per heavy atom. The van der Waals surface area contributed by atoms with Gasteiger partial charge in [0.25, 0.3) is 0 Å². The van der Waals surface area contributed by atoms with Crippen molar-refractivity contribution in [2.75, 3.05) is 6.61 Å². The molecule has 0 radical (unpaired) electrons. The Morgan fingerprint density at radius 1 is 1.16 bits per heavy atom. The number of rotatable bonds is 6. The molecule has 0 spiro atoms. The second-order valence-electron chi connectivity index (χ2n) is 4.38. The summed E-state index contributed by atoms with van der Waals surface area (Å²) < 4.78 is 5.38. The van der Waals surface area contributed by atoms with E-state index in [2.05, 4.69) is 4.98 Å². The Kier molecular flexibility index (Phi) is 4.93. The fraction of sp³-hybridized carbons (Fsp3) is 0.312. The molecule has 1 aromatic heterocycles. The minimum atomic E-state index is -0.460. The maximum atomic E-state index is 10.1. The van der Waals surface area contributed by atoms with Crippen LogP contribution in [-0.4, -0.2) is 16.7 Å². The average Bonchev–Trinajstić information content (AvgIpc) is 2.47. The highest BCUT2D eigenvalue weighted by Gasteiger charge is 2.08. The van der Waals surface area contributed by atoms with Gasteiger partial charge in [-0.3, -0.25) is 4.98 Å². The third-order valence-corrected chi connectivity index (χ3v) is 2.98. The molecule has 2 rings (SSSR count). The molecule has 0 amide bonds. The van der Waals surface area contributed by atoms with Gasteiger partial charge in [0.15, 0.2) is 0 Å². The normalized spacial score (nSPS) is 12.1. The van der Waals surface area contributed by atoms with Crippen LogP contribution in [0.1, 0.15) is 30.7 Å². The van der Waals surface area contributed by atoms with E-state index in [-0.39, 0.29) is 0 Å². The Labute approximate surface area is 113 Å². The summed E-state index contributed by atoms with van der Waals surface area (Å²) in [6, 6.07) is 13.4. The summed E-state index contributed by atoms with van der Waals surface area (Å²) in [6.45, 7) is 2.61. The number of benzene rings is 1. The van der Waals surface area contributed by atoms with Crippen LogP contribution in [0.5, 0.6) is 5.75 Å². The van der Waals surface area contributed by atoms with Crippen molar-refractivity contribution >= 4 is 0 Å². The van der Waals surface area contributed by atoms with Crippen molar-refractivity contribution in [1.29, 1.82) is 0 Å². The van der Waals surface area contributed by atoms with Crippen molar-refractivity contribution in [2.24, 2.45) is 0 Å². The number of nitrogens with zero attached hydrogens (tertiary/aromatic N) is 1. The third-order valence-electron chi connectivity index (χ3n) is 2.98. The van der Waals surface area contributed by atoms with Gasteiger partial charge in [-0.15, -0.1) is 0 Å². The number of hydrogen-bond donors (Lipinski definition) is 1. The van der Waals surface area contributed by atoms with Gasteiger partial charge in [-0.1, -0.05) is 18.2 Å². The summed E-state index contributed by atoms with van der Waals surface area (Å²) in [5.74, 6) is 0.836. The first-order chi connectivity index (χ1) is 9.29. The van der Waals surface area contributed by atoms with E-state index in [1.807, 2.05) is 49.4 Å². The van der Waals surface area contributed by atoms with Gasteiger partial charge in [0.1, 0.15) is 5.75 Å². The van der Waals surface area contributed by atoms with Crippen molar-refractivity contribution in [3.63, 3.8) is 0 Å². The molecule has 1 atom stereocenters. The molecule has 19 heavy (non-hydrogen) atoms. The zero-order chi connectivity index (χ0) is 13.5. The second-order valence-corrected chi connectivity index (χ2v) is 4.38. The predicted octanol–water partition coefficient (Wildman–Crippen LogP) is 3.15. The molecule has 2 aromatic rings. The van der Waals surface area contributed by atoms with E-state index in [9.17, 15) is 5.11 Å². The van der Waals surface area contributed by atoms with E-state index in [1.54, 1.807) is 6.20 Å². The Hall–Kier alpha value is -1.87. The maximum absolute atomic E-state index is 10.1. The van der Waals surface area contributed by atoms with E-state index < -0.39 is 6.10 Å². The second kappa shape index (κ2) is 6.90. The van der Waals surface area contributed by atoms with Crippen molar-refractivity contribution in [3.05, 3.63) is 59.9 Å². The molecule has 0 bridgehead atoms. The summed E-state index contributed by atoms with van der Waals surface area (Å²) >= 11 is 0. The van der Waals surface area contributed by atoms with Crippen molar-refractivity contribution in [3.8, 4) is 5.75 Å². The van der Waals surface area contributed by atoms with Crippen LogP contribution < -0.4 is 4.74 Å². The fourth-order valence-electron chi connectivity index (χ4n) is 1.95. The lowest BCUT2D eigenvalue weighted by Gasteiger charge is -2.11. The van der Waals surface area contributed by atoms with Crippen molar-refractivity contribution < 1.29 is 9.84 Å². The third kappa shape index (κ3) is 4.07. The van der Waals surface area contributed by atoms with Crippen LogP contribution in [0.15, 0.2) is 48.7 Å². The lowest BCUT2D eigenvalue weighted by Crippen LogP contribution is -2.01. The maximum Gasteiger partial charge on any atom is 0.119 e. The average molecular weight is 257 g/mol. The molecular formula is C16H19NO2. The Morgan fingerprint density at radius 3 is 2.58 bits per heavy atom. The number of aromatic nitrogens is 1. The first kappa shape index (κ1) is 13.6. The topological polar surface area (TPSA) is 42.4 Å². The highest BCUT2D eigenvalue weighted by atomic mass is 16.5. The summed E-state index contributed by atoms with van der Waals surface area (Å²) in [4.78, 5) is 4.25. The molecule has 0 saturated heterocycles. The Balaban J connectivity index is 1.90. The van der Waals surface area contributed by atoms with Gasteiger partial charge in [0.2, 0.25) is 0 Å². The SMILES string of the molecule is CCOc1ccc(C(O)CCc2ccccn2)cc1. The standard InChI is InChI=1S/C16H19NO2/c1-2-19-15-9-6-13(7-10-15)16(18)11-8-14-5-3-4-12-17-14/h3-7,9-10,12,16,18H,2,8,11H2,1H3. The van der Waals surface area contributed by atoms with Crippen LogP contribution in [0.25, 0.3) is 0 Å². The Bertz CT molecular complexity index is 482. The molecule has 3 nitrogen and oxygen atoms in total. The molecule has 3 heteroatoms. The zero-order valence-corrected chi connectivity index (χ0v) is 11.1. The van der Waals surface area contributed by atoms with E-state index in [0.29, 0.717) is 13.0 Å². The van der Waals surface area contributed by atoms with Gasteiger partial charge >= 0.3 is 0 Å². The number of aryl methyl sites for hydroxylation is 1. The first-order valence-electron chi connectivity index (χ1n) is 6.60. The van der Waals surface area contributed by atoms with E-state index >= 15 is 0 Å². The van der Waals surface area contributed by atoms with E-state index in [1.165, 1.54) is 0 Å². The largest absolute Gasteiger partial charge is 0.494 e. The molecule has 1 N–H and O–H groups in total. The highest BCUT2D eigenvalue weighted by molar-refractivity contribution is 5.28. The van der Waals surface area contributed by atoms with Crippen LogP contribution in [0.4, 0.5) is 0 Å². The van der Waals surface area contributed by atoms with Gasteiger partial charge in [0, 0.05) is 11.9 Å². The minimum Gasteiger partial charge on any atom is -0.494 e. The number of aliphatic hydroxyl groups is 1. The smallest absolute Gasteiger partial charge is 0.119 e. The summed E-state index contributed by atoms with van der Waals surface area (Å²) in [6.07, 6.45) is 2.76. The minimum absolute atomic E-state index is 0.460. The predicted molar refractivity (Wildman–Crippen MR) is 75.1 cm³/mol. The number of ether oxygens (including phenoxy) is 1. The lowest BCUT2D eigenvalue weighted by molar-refractivity contribution is 0.167. The molecule has 1 heterocycles. The molecule has 0 fully saturated rings.